The summed E-state index contributed by atoms with van der Waals surface area (Å²) in [7, 11) is 0. The Balaban J connectivity index is 2.33. The van der Waals surface area contributed by atoms with E-state index in [4.69, 9.17) is 10.4 Å². The highest BCUT2D eigenvalue weighted by atomic mass is 16.6. The molecule has 0 atom stereocenters. The predicted molar refractivity (Wildman–Crippen MR) is 61.2 cm³/mol. The lowest BCUT2D eigenvalue weighted by Gasteiger charge is -2.38. The van der Waals surface area contributed by atoms with Gasteiger partial charge in [-0.05, 0) is 12.1 Å². The molecule has 7 nitrogen and oxygen atoms in total. The van der Waals surface area contributed by atoms with Crippen LogP contribution in [0, 0.1) is 27.4 Å². The van der Waals surface area contributed by atoms with E-state index in [9.17, 15) is 14.9 Å². The minimum Gasteiger partial charge on any atom is -0.481 e. The number of nitro groups is 1. The molecule has 0 aromatic heterocycles. The van der Waals surface area contributed by atoms with Gasteiger partial charge in [-0.1, -0.05) is 6.07 Å². The topological polar surface area (TPSA) is 107 Å². The van der Waals surface area contributed by atoms with Gasteiger partial charge >= 0.3 is 11.7 Å². The Labute approximate surface area is 102 Å². The normalized spacial score (nSPS) is 14.7. The SMILES string of the molecule is N#Cc1cccc(N2CC(C(=O)O)C2)c1[N+](=O)[O-]. The van der Waals surface area contributed by atoms with Crippen LogP contribution >= 0.6 is 0 Å². The molecule has 0 radical (unpaired) electrons. The fourth-order valence-corrected chi connectivity index (χ4v) is 1.90. The molecule has 1 fully saturated rings. The maximum Gasteiger partial charge on any atom is 0.310 e. The fraction of sp³-hybridized carbons (Fsp3) is 0.273. The molecule has 1 N–H and O–H groups in total. The molecule has 7 heteroatoms. The molecule has 0 unspecified atom stereocenters. The molecule has 1 aliphatic heterocycles. The zero-order valence-corrected chi connectivity index (χ0v) is 9.24. The standard InChI is InChI=1S/C11H9N3O4/c12-4-7-2-1-3-9(10(7)14(17)18)13-5-8(6-13)11(15)16/h1-3,8H,5-6H2,(H,15,16). The largest absolute Gasteiger partial charge is 0.481 e. The molecular weight excluding hydrogens is 238 g/mol. The zero-order valence-electron chi connectivity index (χ0n) is 9.24. The van der Waals surface area contributed by atoms with Crippen LogP contribution in [-0.4, -0.2) is 29.1 Å². The van der Waals surface area contributed by atoms with Gasteiger partial charge in [0.2, 0.25) is 0 Å². The monoisotopic (exact) mass is 247 g/mol. The maximum atomic E-state index is 11.0. The van der Waals surface area contributed by atoms with Crippen molar-refractivity contribution in [2.75, 3.05) is 18.0 Å². The number of carboxylic acids is 1. The summed E-state index contributed by atoms with van der Waals surface area (Å²) in [6.07, 6.45) is 0. The first-order valence-corrected chi connectivity index (χ1v) is 5.20. The van der Waals surface area contributed by atoms with Crippen LogP contribution in [-0.2, 0) is 4.79 Å². The lowest BCUT2D eigenvalue weighted by molar-refractivity contribution is -0.384. The Kier molecular flexibility index (Phi) is 2.85. The van der Waals surface area contributed by atoms with Gasteiger partial charge < -0.3 is 10.0 Å². The Bertz CT molecular complexity index is 558. The number of anilines is 1. The number of hydrogen-bond donors (Lipinski definition) is 1. The summed E-state index contributed by atoms with van der Waals surface area (Å²) in [6.45, 7) is 0.454. The third-order valence-corrected chi connectivity index (χ3v) is 2.89. The molecule has 0 spiro atoms. The van der Waals surface area contributed by atoms with E-state index in [-0.39, 0.29) is 24.3 Å². The third-order valence-electron chi connectivity index (χ3n) is 2.89. The Morgan fingerprint density at radius 1 is 1.56 bits per heavy atom. The Morgan fingerprint density at radius 2 is 2.22 bits per heavy atom. The molecule has 1 aliphatic rings. The van der Waals surface area contributed by atoms with Gasteiger partial charge in [0.1, 0.15) is 17.3 Å². The van der Waals surface area contributed by atoms with Crippen LogP contribution in [0.3, 0.4) is 0 Å². The zero-order chi connectivity index (χ0) is 13.3. The van der Waals surface area contributed by atoms with Gasteiger partial charge in [0.05, 0.1) is 10.8 Å². The van der Waals surface area contributed by atoms with Crippen molar-refractivity contribution < 1.29 is 14.8 Å². The van der Waals surface area contributed by atoms with Crippen molar-refractivity contribution in [3.63, 3.8) is 0 Å². The summed E-state index contributed by atoms with van der Waals surface area (Å²) >= 11 is 0. The Hall–Kier alpha value is -2.62. The Morgan fingerprint density at radius 3 is 2.72 bits per heavy atom. The number of aliphatic carboxylic acids is 1. The molecular formula is C11H9N3O4. The molecule has 2 rings (SSSR count). The third kappa shape index (κ3) is 1.84. The van der Waals surface area contributed by atoms with E-state index in [1.165, 1.54) is 12.1 Å². The van der Waals surface area contributed by atoms with Gasteiger partial charge in [-0.25, -0.2) is 0 Å². The number of carbonyl (C=O) groups is 1. The molecule has 92 valence electrons. The summed E-state index contributed by atoms with van der Waals surface area (Å²) in [5.41, 5.74) is 0.0247. The second-order valence-corrected chi connectivity index (χ2v) is 3.98. The van der Waals surface area contributed by atoms with Crippen LogP contribution in [0.2, 0.25) is 0 Å². The smallest absolute Gasteiger partial charge is 0.310 e. The van der Waals surface area contributed by atoms with Crippen LogP contribution in [0.25, 0.3) is 0 Å². The van der Waals surface area contributed by atoms with Crippen molar-refractivity contribution in [1.29, 1.82) is 5.26 Å². The number of hydrogen-bond acceptors (Lipinski definition) is 5. The van der Waals surface area contributed by atoms with Crippen molar-refractivity contribution >= 4 is 17.3 Å². The van der Waals surface area contributed by atoms with Crippen molar-refractivity contribution in [2.24, 2.45) is 5.92 Å². The molecule has 0 aliphatic carbocycles. The van der Waals surface area contributed by atoms with Gasteiger partial charge in [-0.3, -0.25) is 14.9 Å². The lowest BCUT2D eigenvalue weighted by atomic mass is 9.98. The number of carboxylic acid groups (broad SMARTS) is 1. The number of benzene rings is 1. The van der Waals surface area contributed by atoms with Gasteiger partial charge in [-0.15, -0.1) is 0 Å². The van der Waals surface area contributed by atoms with E-state index >= 15 is 0 Å². The summed E-state index contributed by atoms with van der Waals surface area (Å²) in [5.74, 6) is -1.42. The highest BCUT2D eigenvalue weighted by molar-refractivity contribution is 5.77. The van der Waals surface area contributed by atoms with E-state index in [0.717, 1.165) is 0 Å². The van der Waals surface area contributed by atoms with Gasteiger partial charge in [-0.2, -0.15) is 5.26 Å². The van der Waals surface area contributed by atoms with Crippen molar-refractivity contribution in [1.82, 2.24) is 0 Å². The van der Waals surface area contributed by atoms with Crippen molar-refractivity contribution in [3.8, 4) is 6.07 Å². The second-order valence-electron chi connectivity index (χ2n) is 3.98. The highest BCUT2D eigenvalue weighted by Gasteiger charge is 2.36. The van der Waals surface area contributed by atoms with Crippen LogP contribution in [0.5, 0.6) is 0 Å². The quantitative estimate of drug-likeness (QED) is 0.630. The van der Waals surface area contributed by atoms with Crippen molar-refractivity contribution in [3.05, 3.63) is 33.9 Å². The predicted octanol–water partition coefficient (Wildman–Crippen LogP) is 0.987. The first kappa shape index (κ1) is 11.9. The first-order valence-electron chi connectivity index (χ1n) is 5.20. The molecule has 1 heterocycles. The van der Waals surface area contributed by atoms with Gasteiger partial charge in [0.25, 0.3) is 0 Å². The van der Waals surface area contributed by atoms with E-state index in [1.807, 2.05) is 0 Å². The minimum absolute atomic E-state index is 0.0173. The summed E-state index contributed by atoms with van der Waals surface area (Å²) < 4.78 is 0. The highest BCUT2D eigenvalue weighted by Crippen LogP contribution is 2.35. The second kappa shape index (κ2) is 4.33. The number of rotatable bonds is 3. The molecule has 1 saturated heterocycles. The lowest BCUT2D eigenvalue weighted by Crippen LogP contribution is -2.50. The van der Waals surface area contributed by atoms with Crippen molar-refractivity contribution in [2.45, 2.75) is 0 Å². The van der Waals surface area contributed by atoms with E-state index in [0.29, 0.717) is 5.69 Å². The molecule has 0 saturated carbocycles. The van der Waals surface area contributed by atoms with Crippen LogP contribution in [0.4, 0.5) is 11.4 Å². The molecule has 1 aromatic carbocycles. The van der Waals surface area contributed by atoms with Gasteiger partial charge in [0.15, 0.2) is 0 Å². The average Bonchev–Trinajstić information content (AvgIpc) is 2.25. The molecule has 1 aromatic rings. The summed E-state index contributed by atoms with van der Waals surface area (Å²) in [6, 6.07) is 6.22. The van der Waals surface area contributed by atoms with Crippen LogP contribution < -0.4 is 4.90 Å². The number of para-hydroxylation sites is 1. The maximum absolute atomic E-state index is 11.0. The van der Waals surface area contributed by atoms with Gasteiger partial charge in [0, 0.05) is 13.1 Å². The number of nitrogens with zero attached hydrogens (tertiary/aromatic N) is 3. The summed E-state index contributed by atoms with van der Waals surface area (Å²) in [5, 5.41) is 28.6. The first-order chi connectivity index (χ1) is 8.54. The summed E-state index contributed by atoms with van der Waals surface area (Å²) in [4.78, 5) is 22.6. The fourth-order valence-electron chi connectivity index (χ4n) is 1.90. The average molecular weight is 247 g/mol. The minimum atomic E-state index is -0.912. The van der Waals surface area contributed by atoms with Crippen LogP contribution in [0.1, 0.15) is 5.56 Å². The van der Waals surface area contributed by atoms with E-state index < -0.39 is 16.8 Å². The number of nitro benzene ring substituents is 1. The molecule has 0 amide bonds. The molecule has 0 bridgehead atoms. The number of nitriles is 1. The van der Waals surface area contributed by atoms with E-state index in [2.05, 4.69) is 0 Å². The van der Waals surface area contributed by atoms with E-state index in [1.54, 1.807) is 17.0 Å². The molecule has 18 heavy (non-hydrogen) atoms. The van der Waals surface area contributed by atoms with Crippen LogP contribution in [0.15, 0.2) is 18.2 Å².